The molecule has 4 aliphatic rings. The zero-order chi connectivity index (χ0) is 42.4. The fourth-order valence-electron chi connectivity index (χ4n) is 9.06. The molecule has 1 amide bonds. The molecule has 15 heteroatoms. The first-order valence-corrected chi connectivity index (χ1v) is 21.4. The summed E-state index contributed by atoms with van der Waals surface area (Å²) in [7, 11) is 0. The molecule has 1 saturated carbocycles. The number of hydrogen-bond donors (Lipinski definition) is 1. The van der Waals surface area contributed by atoms with Crippen molar-refractivity contribution in [1.82, 2.24) is 14.7 Å². The maximum atomic E-state index is 16.0. The third-order valence-electron chi connectivity index (χ3n) is 12.4. The number of alkyl halides is 3. The number of ether oxygens (including phenoxy) is 2. The second-order valence-corrected chi connectivity index (χ2v) is 17.2. The van der Waals surface area contributed by atoms with Crippen molar-refractivity contribution in [3.05, 3.63) is 101 Å². The number of piperidine rings is 1. The number of piperazine rings is 1. The van der Waals surface area contributed by atoms with E-state index in [0.29, 0.717) is 76.7 Å². The molecule has 3 fully saturated rings. The molecular weight excluding hydrogens is 813 g/mol. The fraction of sp³-hybridized carbons (Fsp3) is 0.370. The molecule has 0 spiro atoms. The molecule has 5 aromatic rings. The van der Waals surface area contributed by atoms with Crippen LogP contribution in [0.3, 0.4) is 0 Å². The number of amides is 1. The SMILES string of the molecule is O=C1CCC(N2Cc3c(ccc(N4CCN(C5CCN(CCOc6ccc(Oc7c(-c8ccc(C(F)(F)F)cc8)sc8cc(O)ccc78)cc6)CC5)CC4)c3F)C2=O)C(=O)C1. The minimum atomic E-state index is -4.44. The summed E-state index contributed by atoms with van der Waals surface area (Å²) in [6, 6.07) is 20.2. The number of benzene rings is 4. The molecule has 4 aromatic carbocycles. The van der Waals surface area contributed by atoms with Gasteiger partial charge in [-0.2, -0.15) is 13.2 Å². The molecule has 0 radical (unpaired) electrons. The van der Waals surface area contributed by atoms with Crippen LogP contribution in [0.5, 0.6) is 23.0 Å². The molecule has 2 saturated heterocycles. The smallest absolute Gasteiger partial charge is 0.416 e. The number of aromatic hydroxyl groups is 1. The summed E-state index contributed by atoms with van der Waals surface area (Å²) in [5.41, 5.74) is 0.957. The summed E-state index contributed by atoms with van der Waals surface area (Å²) < 4.78 is 68.8. The van der Waals surface area contributed by atoms with Crippen LogP contribution >= 0.6 is 11.3 Å². The Hall–Kier alpha value is -5.51. The van der Waals surface area contributed by atoms with Gasteiger partial charge >= 0.3 is 6.18 Å². The Morgan fingerprint density at radius 1 is 0.820 bits per heavy atom. The van der Waals surface area contributed by atoms with E-state index in [1.165, 1.54) is 28.4 Å². The highest BCUT2D eigenvalue weighted by Gasteiger charge is 2.41. The second-order valence-electron chi connectivity index (χ2n) is 16.1. The van der Waals surface area contributed by atoms with Crippen molar-refractivity contribution in [1.29, 1.82) is 0 Å². The molecule has 1 N–H and O–H groups in total. The molecule has 61 heavy (non-hydrogen) atoms. The van der Waals surface area contributed by atoms with E-state index in [1.807, 2.05) is 17.0 Å². The van der Waals surface area contributed by atoms with Gasteiger partial charge in [0.2, 0.25) is 0 Å². The summed E-state index contributed by atoms with van der Waals surface area (Å²) in [6.07, 6.45) is -2.02. The van der Waals surface area contributed by atoms with Gasteiger partial charge in [0.1, 0.15) is 29.6 Å². The highest BCUT2D eigenvalue weighted by atomic mass is 32.1. The van der Waals surface area contributed by atoms with Gasteiger partial charge in [0.05, 0.1) is 35.1 Å². The van der Waals surface area contributed by atoms with Crippen molar-refractivity contribution in [3.8, 4) is 33.4 Å². The average Bonchev–Trinajstić information content (AvgIpc) is 3.78. The number of likely N-dealkylation sites (tertiary alicyclic amines) is 1. The number of thiophene rings is 1. The van der Waals surface area contributed by atoms with Crippen molar-refractivity contribution >= 4 is 44.6 Å². The number of phenolic OH excluding ortho intramolecular Hbond substituents is 1. The number of halogens is 4. The van der Waals surface area contributed by atoms with Crippen LogP contribution in [-0.2, 0) is 22.3 Å². The molecule has 318 valence electrons. The lowest BCUT2D eigenvalue weighted by Gasteiger charge is -2.43. The fourth-order valence-corrected chi connectivity index (χ4v) is 10.2. The zero-order valence-electron chi connectivity index (χ0n) is 33.3. The lowest BCUT2D eigenvalue weighted by Crippen LogP contribution is -2.53. The van der Waals surface area contributed by atoms with Gasteiger partial charge in [-0.15, -0.1) is 11.3 Å². The second kappa shape index (κ2) is 16.7. The van der Waals surface area contributed by atoms with Gasteiger partial charge in [0.15, 0.2) is 17.3 Å². The number of anilines is 1. The Morgan fingerprint density at radius 3 is 2.25 bits per heavy atom. The molecule has 9 rings (SSSR count). The lowest BCUT2D eigenvalue weighted by molar-refractivity contribution is -0.137. The quantitative estimate of drug-likeness (QED) is 0.109. The number of Topliss-reactive ketones (excluding diaryl/α,β-unsaturated/α-hetero) is 2. The van der Waals surface area contributed by atoms with Gasteiger partial charge < -0.3 is 24.4 Å². The van der Waals surface area contributed by atoms with E-state index in [4.69, 9.17) is 9.47 Å². The van der Waals surface area contributed by atoms with Gasteiger partial charge in [0, 0.05) is 66.4 Å². The lowest BCUT2D eigenvalue weighted by atomic mass is 9.92. The Morgan fingerprint density at radius 2 is 1.54 bits per heavy atom. The normalized spacial score (nSPS) is 19.5. The summed E-state index contributed by atoms with van der Waals surface area (Å²) in [5.74, 6) is 0.670. The first kappa shape index (κ1) is 40.9. The Kier molecular flexibility index (Phi) is 11.2. The van der Waals surface area contributed by atoms with Crippen LogP contribution in [-0.4, -0.2) is 102 Å². The van der Waals surface area contributed by atoms with Gasteiger partial charge in [-0.25, -0.2) is 4.39 Å². The van der Waals surface area contributed by atoms with Crippen LogP contribution in [0, 0.1) is 5.82 Å². The number of carbonyl (C=O) groups is 3. The van der Waals surface area contributed by atoms with Crippen LogP contribution in [0.2, 0.25) is 0 Å². The monoisotopic (exact) mass is 856 g/mol. The molecule has 4 heterocycles. The molecule has 1 aliphatic carbocycles. The third-order valence-corrected chi connectivity index (χ3v) is 13.6. The first-order chi connectivity index (χ1) is 29.4. The van der Waals surface area contributed by atoms with E-state index in [0.717, 1.165) is 67.8 Å². The van der Waals surface area contributed by atoms with Crippen LogP contribution in [0.1, 0.15) is 53.6 Å². The number of phenols is 1. The summed E-state index contributed by atoms with van der Waals surface area (Å²) >= 11 is 1.33. The molecule has 0 bridgehead atoms. The predicted octanol–water partition coefficient (Wildman–Crippen LogP) is 8.54. The Bertz CT molecular complexity index is 2460. The van der Waals surface area contributed by atoms with E-state index >= 15 is 4.39 Å². The third kappa shape index (κ3) is 8.43. The maximum absolute atomic E-state index is 16.0. The van der Waals surface area contributed by atoms with Gasteiger partial charge in [-0.1, -0.05) is 12.1 Å². The predicted molar refractivity (Wildman–Crippen MR) is 223 cm³/mol. The molecule has 1 atom stereocenters. The van der Waals surface area contributed by atoms with E-state index in [1.54, 1.807) is 42.5 Å². The molecule has 10 nitrogen and oxygen atoms in total. The minimum absolute atomic E-state index is 0.0465. The molecule has 1 unspecified atom stereocenters. The van der Waals surface area contributed by atoms with Gasteiger partial charge in [0.25, 0.3) is 5.91 Å². The van der Waals surface area contributed by atoms with Crippen molar-refractivity contribution < 1.29 is 46.5 Å². The van der Waals surface area contributed by atoms with Crippen molar-refractivity contribution in [2.24, 2.45) is 0 Å². The van der Waals surface area contributed by atoms with Gasteiger partial charge in [-0.05, 0) is 105 Å². The highest BCUT2D eigenvalue weighted by Crippen LogP contribution is 2.48. The first-order valence-electron chi connectivity index (χ1n) is 20.6. The summed E-state index contributed by atoms with van der Waals surface area (Å²) in [4.78, 5) is 46.5. The summed E-state index contributed by atoms with van der Waals surface area (Å²) in [5, 5.41) is 10.8. The van der Waals surface area contributed by atoms with Crippen LogP contribution < -0.4 is 14.4 Å². The van der Waals surface area contributed by atoms with E-state index < -0.39 is 23.6 Å². The number of hydrogen-bond acceptors (Lipinski definition) is 10. The highest BCUT2D eigenvalue weighted by molar-refractivity contribution is 7.22. The number of fused-ring (bicyclic) bond motifs is 2. The Balaban J connectivity index is 0.739. The van der Waals surface area contributed by atoms with Gasteiger partial charge in [-0.3, -0.25) is 24.2 Å². The molecule has 1 aromatic heterocycles. The van der Waals surface area contributed by atoms with E-state index in [9.17, 15) is 32.7 Å². The summed E-state index contributed by atoms with van der Waals surface area (Å²) in [6.45, 7) is 6.16. The minimum Gasteiger partial charge on any atom is -0.508 e. The zero-order valence-corrected chi connectivity index (χ0v) is 34.1. The van der Waals surface area contributed by atoms with Crippen molar-refractivity contribution in [2.75, 3.05) is 57.3 Å². The number of nitrogens with zero attached hydrogens (tertiary/aromatic N) is 4. The molecular formula is C46H44F4N4O6S. The number of ketones is 2. The largest absolute Gasteiger partial charge is 0.508 e. The van der Waals surface area contributed by atoms with Crippen LogP contribution in [0.15, 0.2) is 78.9 Å². The van der Waals surface area contributed by atoms with E-state index in [2.05, 4.69) is 9.80 Å². The van der Waals surface area contributed by atoms with Crippen LogP contribution in [0.25, 0.3) is 20.5 Å². The number of rotatable bonds is 10. The maximum Gasteiger partial charge on any atom is 0.416 e. The van der Waals surface area contributed by atoms with E-state index in [-0.39, 0.29) is 42.6 Å². The molecule has 3 aliphatic heterocycles. The van der Waals surface area contributed by atoms with Crippen molar-refractivity contribution in [2.45, 2.75) is 56.9 Å². The van der Waals surface area contributed by atoms with Crippen LogP contribution in [0.4, 0.5) is 23.2 Å². The Labute approximate surface area is 353 Å². The average molecular weight is 857 g/mol. The topological polar surface area (TPSA) is 103 Å². The number of carbonyl (C=O) groups excluding carboxylic acids is 3. The standard InChI is InChI=1S/C46H44F4N4O6S/c47-42-37-27-54(38-13-6-31(55)25-40(38)57)45(58)35(37)12-14-39(42)53-21-19-52(20-22-53)30-15-17-51(18-16-30)23-24-59-33-7-9-34(10-8-33)60-43-36-11-5-32(56)26-41(36)61-44(43)28-1-3-29(4-2-28)46(48,49)50/h1-5,7-12,14,26,30,38,56H,6,13,15-25,27H2. The van der Waals surface area contributed by atoms with Crippen molar-refractivity contribution in [3.63, 3.8) is 0 Å².